The molecule has 8 aliphatic rings. The van der Waals surface area contributed by atoms with Crippen molar-refractivity contribution in [1.29, 1.82) is 0 Å². The molecule has 4 fully saturated rings. The van der Waals surface area contributed by atoms with Gasteiger partial charge in [-0.1, -0.05) is 12.1 Å². The Labute approximate surface area is 358 Å². The summed E-state index contributed by atoms with van der Waals surface area (Å²) in [6.45, 7) is 10.2. The molecule has 4 aromatic rings. The van der Waals surface area contributed by atoms with Gasteiger partial charge in [-0.3, -0.25) is 29.4 Å². The first-order chi connectivity index (χ1) is 29.8. The average molecular weight is 825 g/mol. The van der Waals surface area contributed by atoms with Crippen LogP contribution < -0.4 is 18.9 Å². The average Bonchev–Trinajstić information content (AvgIpc) is 4.14. The van der Waals surface area contributed by atoms with Crippen molar-refractivity contribution in [2.75, 3.05) is 46.1 Å². The number of hydrogen-bond acceptors (Lipinski definition) is 10. The zero-order valence-corrected chi connectivity index (χ0v) is 35.2. The van der Waals surface area contributed by atoms with Crippen LogP contribution in [-0.4, -0.2) is 93.7 Å². The van der Waals surface area contributed by atoms with E-state index in [1.807, 2.05) is 43.6 Å². The van der Waals surface area contributed by atoms with E-state index < -0.39 is 0 Å². The number of pyridine rings is 2. The molecule has 1 unspecified atom stereocenters. The van der Waals surface area contributed by atoms with E-state index in [0.717, 1.165) is 136 Å². The summed E-state index contributed by atoms with van der Waals surface area (Å²) in [6.07, 6.45) is 14.7. The van der Waals surface area contributed by atoms with E-state index in [0.29, 0.717) is 23.3 Å². The van der Waals surface area contributed by atoms with Crippen LogP contribution in [0.5, 0.6) is 23.0 Å². The van der Waals surface area contributed by atoms with Crippen molar-refractivity contribution in [3.63, 3.8) is 0 Å². The first-order valence-corrected chi connectivity index (χ1v) is 22.7. The Balaban J connectivity index is 0.000000138. The third-order valence-corrected chi connectivity index (χ3v) is 14.8. The lowest BCUT2D eigenvalue weighted by molar-refractivity contribution is 0.0645. The minimum atomic E-state index is -0.276. The van der Waals surface area contributed by atoms with E-state index in [2.05, 4.69) is 66.0 Å². The maximum Gasteiger partial charge on any atom is 0.255 e. The van der Waals surface area contributed by atoms with Gasteiger partial charge in [0, 0.05) is 56.6 Å². The second-order valence-electron chi connectivity index (χ2n) is 18.5. The molecule has 2 amide bonds. The summed E-state index contributed by atoms with van der Waals surface area (Å²) < 4.78 is 22.5. The number of ether oxygens (including phenoxy) is 4. The van der Waals surface area contributed by atoms with Crippen LogP contribution in [0.15, 0.2) is 73.1 Å². The van der Waals surface area contributed by atoms with Crippen LogP contribution in [-0.2, 0) is 24.2 Å². The number of fused-ring (bicyclic) bond motifs is 6. The van der Waals surface area contributed by atoms with E-state index in [1.165, 1.54) is 25.7 Å². The summed E-state index contributed by atoms with van der Waals surface area (Å²) in [7, 11) is 0. The first kappa shape index (κ1) is 38.7. The summed E-state index contributed by atoms with van der Waals surface area (Å²) in [6, 6.07) is 20.2. The van der Waals surface area contributed by atoms with Crippen molar-refractivity contribution >= 4 is 11.8 Å². The molecular formula is C49H56N6O6. The van der Waals surface area contributed by atoms with Gasteiger partial charge in [-0.25, -0.2) is 0 Å². The third kappa shape index (κ3) is 7.29. The van der Waals surface area contributed by atoms with Crippen LogP contribution in [0, 0.1) is 11.8 Å². The number of amides is 2. The molecule has 6 aliphatic heterocycles. The van der Waals surface area contributed by atoms with E-state index >= 15 is 0 Å². The molecule has 2 saturated carbocycles. The normalized spacial score (nSPS) is 23.1. The number of aromatic nitrogens is 2. The van der Waals surface area contributed by atoms with Gasteiger partial charge < -0.3 is 28.7 Å². The second-order valence-corrected chi connectivity index (χ2v) is 18.5. The van der Waals surface area contributed by atoms with Crippen LogP contribution in [0.2, 0.25) is 0 Å². The maximum atomic E-state index is 13.3. The van der Waals surface area contributed by atoms with Crippen molar-refractivity contribution in [1.82, 2.24) is 29.6 Å². The summed E-state index contributed by atoms with van der Waals surface area (Å²) in [5, 5.41) is 0. The van der Waals surface area contributed by atoms with Crippen molar-refractivity contribution in [2.45, 2.75) is 102 Å². The van der Waals surface area contributed by atoms with Gasteiger partial charge in [0.25, 0.3) is 11.8 Å². The molecule has 12 heteroatoms. The highest BCUT2D eigenvalue weighted by molar-refractivity contribution is 6.02. The zero-order valence-electron chi connectivity index (χ0n) is 35.2. The van der Waals surface area contributed by atoms with Crippen LogP contribution >= 0.6 is 0 Å². The molecule has 12 rings (SSSR count). The van der Waals surface area contributed by atoms with Gasteiger partial charge in [-0.2, -0.15) is 0 Å². The fraction of sp³-hybridized carbons (Fsp3) is 0.510. The Morgan fingerprint density at radius 1 is 0.607 bits per heavy atom. The molecule has 1 atom stereocenters. The van der Waals surface area contributed by atoms with Crippen molar-refractivity contribution in [2.24, 2.45) is 11.8 Å². The molecule has 318 valence electrons. The quantitative estimate of drug-likeness (QED) is 0.160. The molecule has 2 aromatic heterocycles. The highest BCUT2D eigenvalue weighted by atomic mass is 16.7. The van der Waals surface area contributed by atoms with Gasteiger partial charge >= 0.3 is 0 Å². The largest absolute Gasteiger partial charge is 0.454 e. The molecule has 2 aromatic carbocycles. The monoisotopic (exact) mass is 824 g/mol. The lowest BCUT2D eigenvalue weighted by atomic mass is 9.93. The Hall–Kier alpha value is -5.20. The number of likely N-dealkylation sites (tertiary alicyclic amines) is 2. The summed E-state index contributed by atoms with van der Waals surface area (Å²) >= 11 is 0. The molecule has 61 heavy (non-hydrogen) atoms. The highest BCUT2D eigenvalue weighted by Gasteiger charge is 2.59. The smallest absolute Gasteiger partial charge is 0.255 e. The Morgan fingerprint density at radius 3 is 1.51 bits per heavy atom. The van der Waals surface area contributed by atoms with Crippen molar-refractivity contribution < 1.29 is 28.5 Å². The Bertz CT molecular complexity index is 2280. The Morgan fingerprint density at radius 2 is 1.05 bits per heavy atom. The SMILES string of the molecule is CC1Oc2cc3c(cc2O1)C1(CC1)N(CCC1CCN(Cc2ccccn2)CC1)C3=O.O=C1c2cc3c(cc2C2(CC2)N1CCC1CCN(Cc2ccccn2)CC1)OCO3. The lowest BCUT2D eigenvalue weighted by Gasteiger charge is -2.33. The van der Waals surface area contributed by atoms with Gasteiger partial charge in [0.1, 0.15) is 0 Å². The molecular weight excluding hydrogens is 769 g/mol. The molecule has 0 radical (unpaired) electrons. The summed E-state index contributed by atoms with van der Waals surface area (Å²) in [5.41, 5.74) is 6.07. The number of carbonyl (C=O) groups is 2. The second kappa shape index (κ2) is 15.6. The summed E-state index contributed by atoms with van der Waals surface area (Å²) in [5.74, 6) is 4.71. The zero-order chi connectivity index (χ0) is 41.1. The lowest BCUT2D eigenvalue weighted by Crippen LogP contribution is -2.38. The number of carbonyl (C=O) groups excluding carboxylic acids is 2. The minimum absolute atomic E-state index is 0.0763. The van der Waals surface area contributed by atoms with Gasteiger partial charge in [-0.05, 0) is 162 Å². The number of rotatable bonds is 10. The van der Waals surface area contributed by atoms with E-state index in [4.69, 9.17) is 18.9 Å². The first-order valence-electron chi connectivity index (χ1n) is 22.7. The van der Waals surface area contributed by atoms with Gasteiger partial charge in [0.05, 0.1) is 22.5 Å². The minimum Gasteiger partial charge on any atom is -0.454 e. The molecule has 2 aliphatic carbocycles. The van der Waals surface area contributed by atoms with Crippen LogP contribution in [0.25, 0.3) is 0 Å². The molecule has 2 spiro atoms. The van der Waals surface area contributed by atoms with E-state index in [1.54, 1.807) is 0 Å². The molecule has 12 nitrogen and oxygen atoms in total. The molecule has 2 saturated heterocycles. The predicted molar refractivity (Wildman–Crippen MR) is 227 cm³/mol. The van der Waals surface area contributed by atoms with Crippen LogP contribution in [0.4, 0.5) is 0 Å². The van der Waals surface area contributed by atoms with Crippen LogP contribution in [0.3, 0.4) is 0 Å². The van der Waals surface area contributed by atoms with Crippen LogP contribution in [0.1, 0.15) is 114 Å². The van der Waals surface area contributed by atoms with Gasteiger partial charge in [0.15, 0.2) is 23.0 Å². The summed E-state index contributed by atoms with van der Waals surface area (Å²) in [4.78, 5) is 44.7. The third-order valence-electron chi connectivity index (χ3n) is 14.8. The molecule has 0 N–H and O–H groups in total. The topological polar surface area (TPSA) is 110 Å². The van der Waals surface area contributed by atoms with Crippen molar-refractivity contribution in [3.05, 3.63) is 107 Å². The predicted octanol–water partition coefficient (Wildman–Crippen LogP) is 7.50. The van der Waals surface area contributed by atoms with Crippen molar-refractivity contribution in [3.8, 4) is 23.0 Å². The number of piperidine rings is 2. The standard InChI is InChI=1S/C25H29N3O3.C24H27N3O3/c1-17-30-22-14-20-21(15-23(22)31-17)25(8-9-25)28(24(20)29)13-7-18-5-11-27(12-6-18)16-19-4-2-3-10-26-19;28-23-19-13-21-22(30-16-29-21)14-20(19)24(7-8-24)27(23)12-6-17-4-10-26(11-5-17)15-18-3-1-2-9-25-18/h2-4,10,14-15,17-18H,5-9,11-13,16H2,1H3;1-3,9,13-14,17H,4-8,10-12,15-16H2. The molecule has 0 bridgehead atoms. The fourth-order valence-electron chi connectivity index (χ4n) is 11.0. The van der Waals surface area contributed by atoms with Gasteiger partial charge in [0.2, 0.25) is 13.1 Å². The maximum absolute atomic E-state index is 13.3. The highest BCUT2D eigenvalue weighted by Crippen LogP contribution is 2.60. The van der Waals surface area contributed by atoms with E-state index in [-0.39, 0.29) is 36.0 Å². The van der Waals surface area contributed by atoms with E-state index in [9.17, 15) is 9.59 Å². The Kier molecular flexibility index (Phi) is 9.90. The molecule has 8 heterocycles. The number of hydrogen-bond donors (Lipinski definition) is 0. The fourth-order valence-corrected chi connectivity index (χ4v) is 11.0. The number of benzene rings is 2. The number of nitrogens with zero attached hydrogens (tertiary/aromatic N) is 6. The van der Waals surface area contributed by atoms with Gasteiger partial charge in [-0.15, -0.1) is 0 Å².